The SMILES string of the molecule is C=CC(C)(C)/C=C(\N=NC)C(C)C. The monoisotopic (exact) mass is 180 g/mol. The van der Waals surface area contributed by atoms with Crippen LogP contribution in [0.25, 0.3) is 0 Å². The molecule has 74 valence electrons. The van der Waals surface area contributed by atoms with Crippen LogP contribution in [0.5, 0.6) is 0 Å². The van der Waals surface area contributed by atoms with Crippen LogP contribution >= 0.6 is 0 Å². The number of allylic oxidation sites excluding steroid dienone is 3. The molecule has 0 bridgehead atoms. The van der Waals surface area contributed by atoms with E-state index in [4.69, 9.17) is 0 Å². The number of nitrogens with zero attached hydrogens (tertiary/aromatic N) is 2. The zero-order valence-electron chi connectivity index (χ0n) is 9.33. The molecule has 0 N–H and O–H groups in total. The van der Waals surface area contributed by atoms with Crippen LogP contribution in [0.15, 0.2) is 34.7 Å². The van der Waals surface area contributed by atoms with Crippen molar-refractivity contribution in [2.45, 2.75) is 27.7 Å². The van der Waals surface area contributed by atoms with Crippen molar-refractivity contribution in [2.75, 3.05) is 7.05 Å². The van der Waals surface area contributed by atoms with E-state index in [2.05, 4.69) is 50.6 Å². The summed E-state index contributed by atoms with van der Waals surface area (Å²) in [4.78, 5) is 0. The predicted octanol–water partition coefficient (Wildman–Crippen LogP) is 3.82. The van der Waals surface area contributed by atoms with Gasteiger partial charge >= 0.3 is 0 Å². The number of hydrogen-bond donors (Lipinski definition) is 0. The van der Waals surface area contributed by atoms with Crippen molar-refractivity contribution in [3.63, 3.8) is 0 Å². The quantitative estimate of drug-likeness (QED) is 0.464. The third-order valence-electron chi connectivity index (χ3n) is 1.85. The van der Waals surface area contributed by atoms with Gasteiger partial charge in [0.05, 0.1) is 5.70 Å². The Kier molecular flexibility index (Phi) is 4.60. The van der Waals surface area contributed by atoms with Gasteiger partial charge in [0, 0.05) is 12.5 Å². The van der Waals surface area contributed by atoms with Gasteiger partial charge in [-0.1, -0.05) is 39.8 Å². The molecule has 0 aromatic heterocycles. The molecule has 0 radical (unpaired) electrons. The summed E-state index contributed by atoms with van der Waals surface area (Å²) >= 11 is 0. The van der Waals surface area contributed by atoms with Gasteiger partial charge in [-0.05, 0) is 5.92 Å². The van der Waals surface area contributed by atoms with Crippen LogP contribution < -0.4 is 0 Å². The van der Waals surface area contributed by atoms with Gasteiger partial charge in [-0.2, -0.15) is 10.2 Å². The Balaban J connectivity index is 4.82. The van der Waals surface area contributed by atoms with Crippen molar-refractivity contribution >= 4 is 0 Å². The lowest BCUT2D eigenvalue weighted by molar-refractivity contribution is 0.600. The molecule has 0 aromatic carbocycles. The summed E-state index contributed by atoms with van der Waals surface area (Å²) in [6.45, 7) is 12.2. The molecule has 2 heteroatoms. The highest BCUT2D eigenvalue weighted by Gasteiger charge is 2.12. The molecular formula is C11H20N2. The van der Waals surface area contributed by atoms with Gasteiger partial charge in [0.1, 0.15) is 0 Å². The number of rotatable bonds is 4. The summed E-state index contributed by atoms with van der Waals surface area (Å²) in [5.41, 5.74) is 1.01. The van der Waals surface area contributed by atoms with Gasteiger partial charge < -0.3 is 0 Å². The van der Waals surface area contributed by atoms with Crippen molar-refractivity contribution in [1.29, 1.82) is 0 Å². The van der Waals surface area contributed by atoms with E-state index in [0.717, 1.165) is 5.70 Å². The molecular weight excluding hydrogens is 160 g/mol. The first-order valence-corrected chi connectivity index (χ1v) is 4.59. The highest BCUT2D eigenvalue weighted by atomic mass is 15.1. The zero-order chi connectivity index (χ0) is 10.5. The van der Waals surface area contributed by atoms with Crippen LogP contribution in [0.4, 0.5) is 0 Å². The van der Waals surface area contributed by atoms with E-state index < -0.39 is 0 Å². The minimum absolute atomic E-state index is 0.00616. The minimum atomic E-state index is -0.00616. The number of hydrogen-bond acceptors (Lipinski definition) is 2. The summed E-state index contributed by atoms with van der Waals surface area (Å²) in [6, 6.07) is 0. The smallest absolute Gasteiger partial charge is 0.0620 e. The first kappa shape index (κ1) is 12.1. The molecule has 0 saturated carbocycles. The molecule has 0 saturated heterocycles. The molecule has 0 heterocycles. The molecule has 0 rings (SSSR count). The van der Waals surface area contributed by atoms with Crippen molar-refractivity contribution in [3.8, 4) is 0 Å². The van der Waals surface area contributed by atoms with E-state index in [-0.39, 0.29) is 5.41 Å². The van der Waals surface area contributed by atoms with Gasteiger partial charge in [0.25, 0.3) is 0 Å². The third-order valence-corrected chi connectivity index (χ3v) is 1.85. The molecule has 0 aliphatic rings. The van der Waals surface area contributed by atoms with Crippen LogP contribution in [-0.2, 0) is 0 Å². The van der Waals surface area contributed by atoms with Crippen LogP contribution in [0.1, 0.15) is 27.7 Å². The van der Waals surface area contributed by atoms with Gasteiger partial charge in [0.15, 0.2) is 0 Å². The Morgan fingerprint density at radius 1 is 1.38 bits per heavy atom. The minimum Gasteiger partial charge on any atom is -0.192 e. The molecule has 0 aliphatic heterocycles. The first-order chi connectivity index (χ1) is 5.93. The summed E-state index contributed by atoms with van der Waals surface area (Å²) in [7, 11) is 1.69. The Bertz CT molecular complexity index is 222. The van der Waals surface area contributed by atoms with Gasteiger partial charge in [-0.25, -0.2) is 0 Å². The van der Waals surface area contributed by atoms with Gasteiger partial charge in [0.2, 0.25) is 0 Å². The highest BCUT2D eigenvalue weighted by Crippen LogP contribution is 2.24. The summed E-state index contributed by atoms with van der Waals surface area (Å²) in [6.07, 6.45) is 4.03. The molecule has 0 amide bonds. The van der Waals surface area contributed by atoms with Crippen molar-refractivity contribution in [2.24, 2.45) is 21.6 Å². The Morgan fingerprint density at radius 3 is 2.23 bits per heavy atom. The topological polar surface area (TPSA) is 24.7 Å². The first-order valence-electron chi connectivity index (χ1n) is 4.59. The fourth-order valence-corrected chi connectivity index (χ4v) is 0.867. The molecule has 0 aromatic rings. The fraction of sp³-hybridized carbons (Fsp3) is 0.636. The Labute approximate surface area is 81.5 Å². The van der Waals surface area contributed by atoms with E-state index in [1.807, 2.05) is 6.08 Å². The average Bonchev–Trinajstić information content (AvgIpc) is 2.03. The van der Waals surface area contributed by atoms with E-state index in [1.54, 1.807) is 7.05 Å². The maximum Gasteiger partial charge on any atom is 0.0620 e. The Hall–Kier alpha value is -0.920. The molecule has 0 spiro atoms. The van der Waals surface area contributed by atoms with Crippen LogP contribution in [0.3, 0.4) is 0 Å². The summed E-state index contributed by atoms with van der Waals surface area (Å²) in [5, 5.41) is 7.89. The molecule has 0 aliphatic carbocycles. The largest absolute Gasteiger partial charge is 0.192 e. The summed E-state index contributed by atoms with van der Waals surface area (Å²) < 4.78 is 0. The van der Waals surface area contributed by atoms with Crippen molar-refractivity contribution in [1.82, 2.24) is 0 Å². The molecule has 0 fully saturated rings. The lowest BCUT2D eigenvalue weighted by Gasteiger charge is -2.16. The zero-order valence-corrected chi connectivity index (χ0v) is 9.33. The van der Waals surface area contributed by atoms with E-state index in [1.165, 1.54) is 0 Å². The van der Waals surface area contributed by atoms with Crippen molar-refractivity contribution in [3.05, 3.63) is 24.4 Å². The van der Waals surface area contributed by atoms with Crippen LogP contribution in [0.2, 0.25) is 0 Å². The Morgan fingerprint density at radius 2 is 1.92 bits per heavy atom. The van der Waals surface area contributed by atoms with E-state index in [9.17, 15) is 0 Å². The second kappa shape index (κ2) is 4.95. The van der Waals surface area contributed by atoms with E-state index in [0.29, 0.717) is 5.92 Å². The van der Waals surface area contributed by atoms with Gasteiger partial charge in [-0.3, -0.25) is 0 Å². The molecule has 0 atom stereocenters. The number of azo groups is 1. The normalized spacial score (nSPS) is 14.2. The van der Waals surface area contributed by atoms with Gasteiger partial charge in [-0.15, -0.1) is 6.58 Å². The van der Waals surface area contributed by atoms with Crippen LogP contribution in [0, 0.1) is 11.3 Å². The standard InChI is InChI=1S/C11H20N2/c1-7-11(4,5)8-10(9(2)3)13-12-6/h7-9H,1H2,2-6H3/b10-8-,13-12?. The summed E-state index contributed by atoms with van der Waals surface area (Å²) in [5.74, 6) is 0.405. The maximum atomic E-state index is 4.10. The molecule has 13 heavy (non-hydrogen) atoms. The predicted molar refractivity (Wildman–Crippen MR) is 57.7 cm³/mol. The maximum absolute atomic E-state index is 4.10. The second-order valence-electron chi connectivity index (χ2n) is 4.05. The second-order valence-corrected chi connectivity index (χ2v) is 4.05. The fourth-order valence-electron chi connectivity index (χ4n) is 0.867. The third kappa shape index (κ3) is 4.61. The molecule has 2 nitrogen and oxygen atoms in total. The van der Waals surface area contributed by atoms with E-state index >= 15 is 0 Å². The lowest BCUT2D eigenvalue weighted by Crippen LogP contribution is -2.05. The van der Waals surface area contributed by atoms with Crippen molar-refractivity contribution < 1.29 is 0 Å². The average molecular weight is 180 g/mol. The lowest BCUT2D eigenvalue weighted by atomic mass is 9.90. The highest BCUT2D eigenvalue weighted by molar-refractivity contribution is 5.12. The molecule has 0 unspecified atom stereocenters. The van der Waals surface area contributed by atoms with Crippen LogP contribution in [-0.4, -0.2) is 7.05 Å².